The van der Waals surface area contributed by atoms with Crippen LogP contribution in [0, 0.1) is 0 Å². The van der Waals surface area contributed by atoms with E-state index in [0.717, 1.165) is 18.6 Å². The number of carbonyl (C=O) groups excluding carboxylic acids is 1. The van der Waals surface area contributed by atoms with Gasteiger partial charge in [0.1, 0.15) is 18.5 Å². The van der Waals surface area contributed by atoms with Gasteiger partial charge in [-0.1, -0.05) is 32.9 Å². The zero-order chi connectivity index (χ0) is 19.9. The zero-order valence-electron chi connectivity index (χ0n) is 17.0. The lowest BCUT2D eigenvalue weighted by molar-refractivity contribution is 0.0860. The van der Waals surface area contributed by atoms with Gasteiger partial charge in [-0.3, -0.25) is 0 Å². The van der Waals surface area contributed by atoms with Gasteiger partial charge < -0.3 is 24.8 Å². The van der Waals surface area contributed by atoms with Gasteiger partial charge in [0.15, 0.2) is 0 Å². The molecule has 1 aromatic rings. The number of aliphatic hydroxyl groups is 1. The number of rotatable bonds is 7. The molecule has 27 heavy (non-hydrogen) atoms. The van der Waals surface area contributed by atoms with Crippen LogP contribution in [0.3, 0.4) is 0 Å². The summed E-state index contributed by atoms with van der Waals surface area (Å²) >= 11 is 0. The fourth-order valence-electron chi connectivity index (χ4n) is 3.09. The number of carbonyl (C=O) groups is 1. The number of nitrogens with one attached hydrogen (secondary N) is 1. The summed E-state index contributed by atoms with van der Waals surface area (Å²) in [6.45, 7) is 10.8. The van der Waals surface area contributed by atoms with Crippen molar-refractivity contribution >= 4 is 6.09 Å². The number of ether oxygens (including phenoxy) is 2. The molecule has 0 aliphatic carbocycles. The molecule has 0 bridgehead atoms. The van der Waals surface area contributed by atoms with Crippen LogP contribution in [-0.4, -0.2) is 61.1 Å². The first-order valence-electron chi connectivity index (χ1n) is 9.86. The quantitative estimate of drug-likeness (QED) is 0.763. The number of hydrogen-bond donors (Lipinski definition) is 2. The van der Waals surface area contributed by atoms with Crippen molar-refractivity contribution in [1.82, 2.24) is 10.2 Å². The molecule has 152 valence electrons. The molecule has 0 radical (unpaired) electrons. The van der Waals surface area contributed by atoms with Crippen LogP contribution in [0.4, 0.5) is 4.79 Å². The summed E-state index contributed by atoms with van der Waals surface area (Å²) in [6.07, 6.45) is 0.915. The molecule has 2 rings (SSSR count). The van der Waals surface area contributed by atoms with Crippen LogP contribution in [0.1, 0.15) is 46.1 Å². The fraction of sp³-hybridized carbons (Fsp3) is 0.667. The van der Waals surface area contributed by atoms with Crippen molar-refractivity contribution in [2.45, 2.75) is 58.1 Å². The van der Waals surface area contributed by atoms with Gasteiger partial charge in [-0.05, 0) is 42.9 Å². The Morgan fingerprint density at radius 1 is 1.26 bits per heavy atom. The minimum atomic E-state index is -0.574. The lowest BCUT2D eigenvalue weighted by Gasteiger charge is -2.32. The second-order valence-corrected chi connectivity index (χ2v) is 8.11. The second kappa shape index (κ2) is 9.95. The highest BCUT2D eigenvalue weighted by molar-refractivity contribution is 5.67. The lowest BCUT2D eigenvalue weighted by atomic mass is 9.87. The Balaban J connectivity index is 1.65. The first kappa shape index (κ1) is 21.5. The Morgan fingerprint density at radius 2 is 1.89 bits per heavy atom. The number of likely N-dealkylation sites (tertiary alicyclic amines) is 1. The Bertz CT molecular complexity index is 575. The molecule has 1 fully saturated rings. The monoisotopic (exact) mass is 378 g/mol. The van der Waals surface area contributed by atoms with E-state index in [0.29, 0.717) is 32.3 Å². The summed E-state index contributed by atoms with van der Waals surface area (Å²) in [6, 6.07) is 8.34. The fourth-order valence-corrected chi connectivity index (χ4v) is 3.09. The topological polar surface area (TPSA) is 71.0 Å². The van der Waals surface area contributed by atoms with E-state index in [9.17, 15) is 9.90 Å². The largest absolute Gasteiger partial charge is 0.491 e. The Hall–Kier alpha value is -1.79. The standard InChI is InChI=1S/C21H34N2O4/c1-5-26-20(25)23-12-10-17(11-13-23)22-14-18(24)15-27-19-8-6-16(7-9-19)21(2,3)4/h6-9,17-18,22,24H,5,10-15H2,1-4H3/t18-/m0/s1. The van der Waals surface area contributed by atoms with Gasteiger partial charge >= 0.3 is 6.09 Å². The highest BCUT2D eigenvalue weighted by Crippen LogP contribution is 2.24. The van der Waals surface area contributed by atoms with E-state index < -0.39 is 6.10 Å². The molecule has 1 amide bonds. The van der Waals surface area contributed by atoms with E-state index in [1.807, 2.05) is 19.1 Å². The van der Waals surface area contributed by atoms with E-state index in [4.69, 9.17) is 9.47 Å². The maximum absolute atomic E-state index is 11.7. The minimum absolute atomic E-state index is 0.116. The summed E-state index contributed by atoms with van der Waals surface area (Å²) in [5.41, 5.74) is 1.37. The molecule has 6 heteroatoms. The van der Waals surface area contributed by atoms with Gasteiger partial charge in [-0.15, -0.1) is 0 Å². The number of aliphatic hydroxyl groups excluding tert-OH is 1. The predicted molar refractivity (Wildman–Crippen MR) is 106 cm³/mol. The smallest absolute Gasteiger partial charge is 0.409 e. The number of nitrogens with zero attached hydrogens (tertiary/aromatic N) is 1. The van der Waals surface area contributed by atoms with Crippen molar-refractivity contribution in [3.05, 3.63) is 29.8 Å². The molecule has 0 spiro atoms. The van der Waals surface area contributed by atoms with Crippen LogP contribution in [0.2, 0.25) is 0 Å². The molecule has 1 aromatic carbocycles. The molecule has 0 unspecified atom stereocenters. The third kappa shape index (κ3) is 7.03. The molecule has 0 aromatic heterocycles. The van der Waals surface area contributed by atoms with Crippen LogP contribution in [0.5, 0.6) is 5.75 Å². The van der Waals surface area contributed by atoms with Gasteiger partial charge in [0, 0.05) is 25.7 Å². The van der Waals surface area contributed by atoms with Crippen molar-refractivity contribution in [3.63, 3.8) is 0 Å². The average molecular weight is 379 g/mol. The van der Waals surface area contributed by atoms with Crippen LogP contribution in [0.25, 0.3) is 0 Å². The van der Waals surface area contributed by atoms with Gasteiger partial charge in [-0.25, -0.2) is 4.79 Å². The summed E-state index contributed by atoms with van der Waals surface area (Å²) < 4.78 is 10.7. The van der Waals surface area contributed by atoms with Crippen LogP contribution >= 0.6 is 0 Å². The van der Waals surface area contributed by atoms with Gasteiger partial charge in [0.25, 0.3) is 0 Å². The SMILES string of the molecule is CCOC(=O)N1CCC(NC[C@H](O)COc2ccc(C(C)(C)C)cc2)CC1. The van der Waals surface area contributed by atoms with E-state index in [1.54, 1.807) is 4.90 Å². The first-order valence-corrected chi connectivity index (χ1v) is 9.86. The van der Waals surface area contributed by atoms with Crippen LogP contribution in [0.15, 0.2) is 24.3 Å². The lowest BCUT2D eigenvalue weighted by Crippen LogP contribution is -2.47. The molecule has 1 heterocycles. The van der Waals surface area contributed by atoms with E-state index in [2.05, 4.69) is 38.2 Å². The molecule has 2 N–H and O–H groups in total. The molecule has 1 atom stereocenters. The molecule has 1 aliphatic rings. The minimum Gasteiger partial charge on any atom is -0.491 e. The van der Waals surface area contributed by atoms with Crippen molar-refractivity contribution in [2.24, 2.45) is 0 Å². The summed E-state index contributed by atoms with van der Waals surface area (Å²) in [5, 5.41) is 13.5. The maximum Gasteiger partial charge on any atom is 0.409 e. The van der Waals surface area contributed by atoms with Crippen LogP contribution < -0.4 is 10.1 Å². The number of piperidine rings is 1. The number of amides is 1. The molecular formula is C21H34N2O4. The highest BCUT2D eigenvalue weighted by atomic mass is 16.6. The van der Waals surface area contributed by atoms with E-state index in [-0.39, 0.29) is 18.1 Å². The summed E-state index contributed by atoms with van der Waals surface area (Å²) in [4.78, 5) is 13.4. The van der Waals surface area contributed by atoms with Crippen LogP contribution in [-0.2, 0) is 10.2 Å². The van der Waals surface area contributed by atoms with Gasteiger partial charge in [0.05, 0.1) is 6.61 Å². The third-order valence-corrected chi connectivity index (χ3v) is 4.83. The number of benzene rings is 1. The van der Waals surface area contributed by atoms with E-state index in [1.165, 1.54) is 5.56 Å². The van der Waals surface area contributed by atoms with Crippen molar-refractivity contribution in [3.8, 4) is 5.75 Å². The third-order valence-electron chi connectivity index (χ3n) is 4.83. The van der Waals surface area contributed by atoms with Gasteiger partial charge in [0.2, 0.25) is 0 Å². The predicted octanol–water partition coefficient (Wildman–Crippen LogP) is 2.93. The normalized spacial score (nSPS) is 16.9. The highest BCUT2D eigenvalue weighted by Gasteiger charge is 2.23. The molecule has 6 nitrogen and oxygen atoms in total. The summed E-state index contributed by atoms with van der Waals surface area (Å²) in [7, 11) is 0. The molecule has 0 saturated carbocycles. The second-order valence-electron chi connectivity index (χ2n) is 8.11. The summed E-state index contributed by atoms with van der Waals surface area (Å²) in [5.74, 6) is 0.768. The maximum atomic E-state index is 11.7. The first-order chi connectivity index (χ1) is 12.8. The molecule has 1 aliphatic heterocycles. The van der Waals surface area contributed by atoms with Crippen molar-refractivity contribution < 1.29 is 19.4 Å². The zero-order valence-corrected chi connectivity index (χ0v) is 17.0. The molecule has 1 saturated heterocycles. The van der Waals surface area contributed by atoms with Crippen molar-refractivity contribution in [1.29, 1.82) is 0 Å². The Morgan fingerprint density at radius 3 is 2.44 bits per heavy atom. The molecular weight excluding hydrogens is 344 g/mol. The van der Waals surface area contributed by atoms with Gasteiger partial charge in [-0.2, -0.15) is 0 Å². The van der Waals surface area contributed by atoms with Crippen molar-refractivity contribution in [2.75, 3.05) is 32.8 Å². The van der Waals surface area contributed by atoms with E-state index >= 15 is 0 Å². The Kier molecular flexibility index (Phi) is 7.92. The number of hydrogen-bond acceptors (Lipinski definition) is 5. The Labute approximate surface area is 162 Å². The average Bonchev–Trinajstić information content (AvgIpc) is 2.65.